The molecule has 0 aliphatic heterocycles. The summed E-state index contributed by atoms with van der Waals surface area (Å²) in [5.41, 5.74) is 1.66. The summed E-state index contributed by atoms with van der Waals surface area (Å²) in [7, 11) is 0. The zero-order chi connectivity index (χ0) is 20.2. The molecule has 2 aromatic rings. The summed E-state index contributed by atoms with van der Waals surface area (Å²) in [6.45, 7) is 0.195. The van der Waals surface area contributed by atoms with Crippen LogP contribution in [0.15, 0.2) is 60.7 Å². The summed E-state index contributed by atoms with van der Waals surface area (Å²) in [5, 5.41) is 11.4. The second kappa shape index (κ2) is 11.4. The highest BCUT2D eigenvalue weighted by Gasteiger charge is 2.19. The van der Waals surface area contributed by atoms with Crippen LogP contribution in [0.5, 0.6) is 0 Å². The molecule has 7 heteroatoms. The van der Waals surface area contributed by atoms with Crippen molar-refractivity contribution >= 4 is 18.0 Å². The molecule has 0 aliphatic carbocycles. The molecule has 2 aromatic carbocycles. The highest BCUT2D eigenvalue weighted by atomic mass is 16.5. The number of hydrogen-bond donors (Lipinski definition) is 2. The summed E-state index contributed by atoms with van der Waals surface area (Å²) in [4.78, 5) is 34.9. The smallest absolute Gasteiger partial charge is 0.407 e. The van der Waals surface area contributed by atoms with Gasteiger partial charge in [-0.05, 0) is 17.5 Å². The summed E-state index contributed by atoms with van der Waals surface area (Å²) < 4.78 is 10.3. The average Bonchev–Trinajstić information content (AvgIpc) is 2.70. The number of rotatable bonds is 10. The second-order valence-electron chi connectivity index (χ2n) is 6.19. The number of carboxylic acids is 1. The fourth-order valence-corrected chi connectivity index (χ4v) is 2.45. The predicted molar refractivity (Wildman–Crippen MR) is 101 cm³/mol. The fraction of sp³-hybridized carbons (Fsp3) is 0.286. The van der Waals surface area contributed by atoms with Crippen molar-refractivity contribution in [3.8, 4) is 0 Å². The molecule has 0 aromatic heterocycles. The first kappa shape index (κ1) is 21.0. The minimum atomic E-state index is -1.01. The number of carbonyl (C=O) groups excluding carboxylic acids is 2. The molecule has 0 heterocycles. The lowest BCUT2D eigenvalue weighted by atomic mass is 10.1. The molecular weight excluding hydrogens is 362 g/mol. The molecule has 0 unspecified atom stereocenters. The van der Waals surface area contributed by atoms with Crippen molar-refractivity contribution in [2.45, 2.75) is 38.5 Å². The summed E-state index contributed by atoms with van der Waals surface area (Å²) in [6.07, 6.45) is -0.943. The van der Waals surface area contributed by atoms with Crippen LogP contribution in [0.25, 0.3) is 0 Å². The van der Waals surface area contributed by atoms with Gasteiger partial charge < -0.3 is 19.9 Å². The number of amides is 1. The third kappa shape index (κ3) is 8.35. The molecule has 0 spiro atoms. The molecule has 0 saturated heterocycles. The number of ether oxygens (including phenoxy) is 2. The van der Waals surface area contributed by atoms with Gasteiger partial charge in [-0.1, -0.05) is 60.7 Å². The van der Waals surface area contributed by atoms with Crippen molar-refractivity contribution < 1.29 is 29.0 Å². The van der Waals surface area contributed by atoms with E-state index in [1.165, 1.54) is 0 Å². The van der Waals surface area contributed by atoms with Crippen molar-refractivity contribution in [2.75, 3.05) is 0 Å². The zero-order valence-electron chi connectivity index (χ0n) is 15.4. The Kier molecular flexibility index (Phi) is 8.52. The van der Waals surface area contributed by atoms with Crippen LogP contribution >= 0.6 is 0 Å². The largest absolute Gasteiger partial charge is 0.481 e. The van der Waals surface area contributed by atoms with Crippen molar-refractivity contribution in [3.63, 3.8) is 0 Å². The SMILES string of the molecule is O=C(O)CC[C@@H](CC(=O)OCc1ccccc1)NC(=O)OCc1ccccc1. The summed E-state index contributed by atoms with van der Waals surface area (Å²) >= 11 is 0. The lowest BCUT2D eigenvalue weighted by molar-refractivity contribution is -0.146. The topological polar surface area (TPSA) is 102 Å². The van der Waals surface area contributed by atoms with E-state index in [0.717, 1.165) is 11.1 Å². The van der Waals surface area contributed by atoms with Crippen LogP contribution in [-0.4, -0.2) is 29.2 Å². The summed E-state index contributed by atoms with van der Waals surface area (Å²) in [6, 6.07) is 17.6. The molecule has 0 radical (unpaired) electrons. The van der Waals surface area contributed by atoms with Gasteiger partial charge in [-0.25, -0.2) is 4.79 Å². The number of esters is 1. The van der Waals surface area contributed by atoms with E-state index in [4.69, 9.17) is 14.6 Å². The molecule has 1 atom stereocenters. The molecule has 0 saturated carbocycles. The maximum Gasteiger partial charge on any atom is 0.407 e. The number of aliphatic carboxylic acids is 1. The van der Waals surface area contributed by atoms with Gasteiger partial charge >= 0.3 is 18.0 Å². The maximum absolute atomic E-state index is 12.1. The Bertz CT molecular complexity index is 705. The molecule has 0 fully saturated rings. The number of nitrogens with one attached hydrogen (secondary N) is 1. The molecule has 0 bridgehead atoms. The quantitative estimate of drug-likeness (QED) is 0.609. The molecule has 1 amide bonds. The van der Waals surface area contributed by atoms with Crippen LogP contribution in [0.4, 0.5) is 4.79 Å². The van der Waals surface area contributed by atoms with Crippen molar-refractivity contribution in [1.29, 1.82) is 0 Å². The number of alkyl carbamates (subject to hydrolysis) is 1. The van der Waals surface area contributed by atoms with Crippen LogP contribution < -0.4 is 5.32 Å². The zero-order valence-corrected chi connectivity index (χ0v) is 15.4. The number of carbonyl (C=O) groups is 3. The van der Waals surface area contributed by atoms with E-state index in [-0.39, 0.29) is 32.5 Å². The third-order valence-electron chi connectivity index (χ3n) is 3.90. The van der Waals surface area contributed by atoms with Gasteiger partial charge in [0, 0.05) is 12.5 Å². The van der Waals surface area contributed by atoms with E-state index in [0.29, 0.717) is 0 Å². The van der Waals surface area contributed by atoms with Crippen LogP contribution in [0.3, 0.4) is 0 Å². The van der Waals surface area contributed by atoms with Gasteiger partial charge in [0.1, 0.15) is 13.2 Å². The van der Waals surface area contributed by atoms with Crippen LogP contribution in [0, 0.1) is 0 Å². The standard InChI is InChI=1S/C21H23NO6/c23-19(24)12-11-18(13-20(25)27-14-16-7-3-1-4-8-16)22-21(26)28-15-17-9-5-2-6-10-17/h1-10,18H,11-15H2,(H,22,26)(H,23,24)/t18-/m0/s1. The lowest BCUT2D eigenvalue weighted by Gasteiger charge is -2.17. The van der Waals surface area contributed by atoms with E-state index in [9.17, 15) is 14.4 Å². The molecule has 0 aliphatic rings. The van der Waals surface area contributed by atoms with Crippen molar-refractivity contribution in [3.05, 3.63) is 71.8 Å². The lowest BCUT2D eigenvalue weighted by Crippen LogP contribution is -2.37. The second-order valence-corrected chi connectivity index (χ2v) is 6.19. The van der Waals surface area contributed by atoms with Gasteiger partial charge in [0.15, 0.2) is 0 Å². The van der Waals surface area contributed by atoms with E-state index in [2.05, 4.69) is 5.32 Å². The monoisotopic (exact) mass is 385 g/mol. The molecular formula is C21H23NO6. The van der Waals surface area contributed by atoms with E-state index in [1.807, 2.05) is 60.7 Å². The Morgan fingerprint density at radius 3 is 1.93 bits per heavy atom. The first-order valence-corrected chi connectivity index (χ1v) is 8.91. The predicted octanol–water partition coefficient (Wildman–Crippen LogP) is 3.28. The van der Waals surface area contributed by atoms with Gasteiger partial charge in [-0.3, -0.25) is 9.59 Å². The van der Waals surface area contributed by atoms with Gasteiger partial charge in [0.2, 0.25) is 0 Å². The Morgan fingerprint density at radius 1 is 0.857 bits per heavy atom. The van der Waals surface area contributed by atoms with Crippen molar-refractivity contribution in [2.24, 2.45) is 0 Å². The van der Waals surface area contributed by atoms with Crippen molar-refractivity contribution in [1.82, 2.24) is 5.32 Å². The van der Waals surface area contributed by atoms with Crippen LogP contribution in [0.1, 0.15) is 30.4 Å². The Morgan fingerprint density at radius 2 is 1.39 bits per heavy atom. The van der Waals surface area contributed by atoms with E-state index < -0.39 is 24.1 Å². The molecule has 7 nitrogen and oxygen atoms in total. The Hall–Kier alpha value is -3.35. The first-order valence-electron chi connectivity index (χ1n) is 8.91. The van der Waals surface area contributed by atoms with E-state index >= 15 is 0 Å². The molecule has 2 rings (SSSR count). The minimum Gasteiger partial charge on any atom is -0.481 e. The molecule has 2 N–H and O–H groups in total. The van der Waals surface area contributed by atoms with Crippen LogP contribution in [-0.2, 0) is 32.3 Å². The summed E-state index contributed by atoms with van der Waals surface area (Å²) in [5.74, 6) is -1.54. The Labute approximate surface area is 163 Å². The third-order valence-corrected chi connectivity index (χ3v) is 3.90. The molecule has 148 valence electrons. The highest BCUT2D eigenvalue weighted by Crippen LogP contribution is 2.08. The van der Waals surface area contributed by atoms with Gasteiger partial charge in [0.25, 0.3) is 0 Å². The number of benzene rings is 2. The fourth-order valence-electron chi connectivity index (χ4n) is 2.45. The van der Waals surface area contributed by atoms with E-state index in [1.54, 1.807) is 0 Å². The molecule has 28 heavy (non-hydrogen) atoms. The first-order chi connectivity index (χ1) is 13.5. The maximum atomic E-state index is 12.1. The van der Waals surface area contributed by atoms with Gasteiger partial charge in [-0.15, -0.1) is 0 Å². The van der Waals surface area contributed by atoms with Crippen LogP contribution in [0.2, 0.25) is 0 Å². The minimum absolute atomic E-state index is 0.0801. The average molecular weight is 385 g/mol. The number of hydrogen-bond acceptors (Lipinski definition) is 5. The normalized spacial score (nSPS) is 11.3. The highest BCUT2D eigenvalue weighted by molar-refractivity contribution is 5.73. The number of carboxylic acid groups (broad SMARTS) is 1. The van der Waals surface area contributed by atoms with Gasteiger partial charge in [0.05, 0.1) is 6.42 Å². The Balaban J connectivity index is 1.82. The van der Waals surface area contributed by atoms with Gasteiger partial charge in [-0.2, -0.15) is 0 Å².